The summed E-state index contributed by atoms with van der Waals surface area (Å²) >= 11 is 1.16. The SMILES string of the molecule is COC(=O)c1cc(-c2c(N)cccc2C(=O)OC)c(CN(C)C(=O)OC(C)(C)C)s1. The van der Waals surface area contributed by atoms with Gasteiger partial charge in [-0.3, -0.25) is 0 Å². The smallest absolute Gasteiger partial charge is 0.410 e. The number of ether oxygens (including phenoxy) is 3. The first-order valence-corrected chi connectivity index (χ1v) is 9.92. The molecule has 1 heterocycles. The quantitative estimate of drug-likeness (QED) is 0.431. The van der Waals surface area contributed by atoms with Crippen molar-refractivity contribution in [3.8, 4) is 11.1 Å². The number of hydrogen-bond donors (Lipinski definition) is 1. The number of nitrogen functional groups attached to an aromatic ring is 1. The maximum atomic E-state index is 12.4. The third-order valence-electron chi connectivity index (χ3n) is 4.05. The molecule has 2 rings (SSSR count). The lowest BCUT2D eigenvalue weighted by Gasteiger charge is -2.24. The van der Waals surface area contributed by atoms with E-state index in [2.05, 4.69) is 0 Å². The van der Waals surface area contributed by atoms with Crippen LogP contribution in [0.5, 0.6) is 0 Å². The number of anilines is 1. The number of carbonyl (C=O) groups excluding carboxylic acids is 3. The summed E-state index contributed by atoms with van der Waals surface area (Å²) in [6.07, 6.45) is -0.518. The lowest BCUT2D eigenvalue weighted by Crippen LogP contribution is -2.33. The number of hydrogen-bond acceptors (Lipinski definition) is 8. The van der Waals surface area contributed by atoms with Gasteiger partial charge in [-0.25, -0.2) is 14.4 Å². The van der Waals surface area contributed by atoms with E-state index in [1.165, 1.54) is 19.1 Å². The first-order valence-electron chi connectivity index (χ1n) is 9.10. The van der Waals surface area contributed by atoms with Crippen LogP contribution in [0, 0.1) is 0 Å². The highest BCUT2D eigenvalue weighted by Crippen LogP contribution is 2.38. The van der Waals surface area contributed by atoms with Crippen molar-refractivity contribution in [3.05, 3.63) is 39.6 Å². The second kappa shape index (κ2) is 9.17. The number of thiophene rings is 1. The number of amides is 1. The van der Waals surface area contributed by atoms with Crippen LogP contribution in [0.25, 0.3) is 11.1 Å². The van der Waals surface area contributed by atoms with Gasteiger partial charge in [0.05, 0.1) is 26.3 Å². The van der Waals surface area contributed by atoms with E-state index in [1.807, 2.05) is 0 Å². The molecule has 0 saturated carbocycles. The van der Waals surface area contributed by atoms with Gasteiger partial charge in [0.15, 0.2) is 0 Å². The minimum Gasteiger partial charge on any atom is -0.465 e. The molecule has 0 radical (unpaired) electrons. The molecule has 0 aliphatic heterocycles. The highest BCUT2D eigenvalue weighted by atomic mass is 32.1. The molecule has 1 amide bonds. The van der Waals surface area contributed by atoms with Gasteiger partial charge in [0.2, 0.25) is 0 Å². The first-order chi connectivity index (χ1) is 14.0. The molecule has 0 saturated heterocycles. The molecule has 30 heavy (non-hydrogen) atoms. The maximum absolute atomic E-state index is 12.4. The molecule has 2 aromatic rings. The van der Waals surface area contributed by atoms with Crippen molar-refractivity contribution in [2.45, 2.75) is 32.9 Å². The van der Waals surface area contributed by atoms with Gasteiger partial charge in [-0.05, 0) is 39.0 Å². The summed E-state index contributed by atoms with van der Waals surface area (Å²) in [6, 6.07) is 6.49. The van der Waals surface area contributed by atoms with E-state index in [0.29, 0.717) is 26.6 Å². The zero-order valence-electron chi connectivity index (χ0n) is 17.9. The van der Waals surface area contributed by atoms with E-state index in [9.17, 15) is 14.4 Å². The van der Waals surface area contributed by atoms with E-state index < -0.39 is 23.6 Å². The summed E-state index contributed by atoms with van der Waals surface area (Å²) in [7, 11) is 4.15. The molecule has 0 unspecified atom stereocenters. The van der Waals surface area contributed by atoms with Crippen LogP contribution < -0.4 is 5.73 Å². The van der Waals surface area contributed by atoms with E-state index in [0.717, 1.165) is 11.3 Å². The Morgan fingerprint density at radius 2 is 1.73 bits per heavy atom. The molecule has 0 atom stereocenters. The normalized spacial score (nSPS) is 11.0. The van der Waals surface area contributed by atoms with E-state index in [1.54, 1.807) is 52.1 Å². The summed E-state index contributed by atoms with van der Waals surface area (Å²) in [5, 5.41) is 0. The topological polar surface area (TPSA) is 108 Å². The average Bonchev–Trinajstić information content (AvgIpc) is 3.08. The average molecular weight is 435 g/mol. The van der Waals surface area contributed by atoms with Crippen molar-refractivity contribution in [1.29, 1.82) is 0 Å². The Bertz CT molecular complexity index is 961. The Kier molecular flexibility index (Phi) is 7.09. The Hall–Kier alpha value is -3.07. The molecule has 0 spiro atoms. The van der Waals surface area contributed by atoms with Crippen molar-refractivity contribution in [3.63, 3.8) is 0 Å². The predicted octanol–water partition coefficient (Wildman–Crippen LogP) is 3.94. The lowest BCUT2D eigenvalue weighted by molar-refractivity contribution is 0.0286. The number of nitrogens with zero attached hydrogens (tertiary/aromatic N) is 1. The lowest BCUT2D eigenvalue weighted by atomic mass is 9.97. The van der Waals surface area contributed by atoms with Gasteiger partial charge in [0, 0.05) is 28.7 Å². The second-order valence-corrected chi connectivity index (χ2v) is 8.67. The Morgan fingerprint density at radius 3 is 2.30 bits per heavy atom. The van der Waals surface area contributed by atoms with Gasteiger partial charge < -0.3 is 24.8 Å². The number of benzene rings is 1. The fraction of sp³-hybridized carbons (Fsp3) is 0.381. The van der Waals surface area contributed by atoms with Gasteiger partial charge in [0.1, 0.15) is 10.5 Å². The highest BCUT2D eigenvalue weighted by molar-refractivity contribution is 7.14. The van der Waals surface area contributed by atoms with E-state index in [4.69, 9.17) is 19.9 Å². The second-order valence-electron chi connectivity index (χ2n) is 7.54. The third kappa shape index (κ3) is 5.29. The summed E-state index contributed by atoms with van der Waals surface area (Å²) in [4.78, 5) is 39.2. The molecular weight excluding hydrogens is 408 g/mol. The van der Waals surface area contributed by atoms with Crippen molar-refractivity contribution < 1.29 is 28.6 Å². The maximum Gasteiger partial charge on any atom is 0.410 e. The van der Waals surface area contributed by atoms with Crippen LogP contribution in [0.1, 0.15) is 45.7 Å². The van der Waals surface area contributed by atoms with Crippen LogP contribution in [-0.4, -0.2) is 49.8 Å². The van der Waals surface area contributed by atoms with Gasteiger partial charge in [-0.2, -0.15) is 0 Å². The summed E-state index contributed by atoms with van der Waals surface area (Å²) < 4.78 is 15.1. The molecule has 2 N–H and O–H groups in total. The standard InChI is InChI=1S/C21H26N2O6S/c1-21(2,3)29-20(26)23(4)11-16-13(10-15(30-16)19(25)28-6)17-12(18(24)27-5)8-7-9-14(17)22/h7-10H,11,22H2,1-6H3. The molecule has 0 bridgehead atoms. The molecule has 0 aliphatic carbocycles. The zero-order valence-corrected chi connectivity index (χ0v) is 18.7. The Balaban J connectivity index is 2.56. The van der Waals surface area contributed by atoms with Gasteiger partial charge >= 0.3 is 18.0 Å². The van der Waals surface area contributed by atoms with Crippen LogP contribution in [0.4, 0.5) is 10.5 Å². The molecule has 0 aliphatic rings. The highest BCUT2D eigenvalue weighted by Gasteiger charge is 2.26. The molecule has 8 nitrogen and oxygen atoms in total. The van der Waals surface area contributed by atoms with Gasteiger partial charge in [-0.1, -0.05) is 6.07 Å². The van der Waals surface area contributed by atoms with E-state index in [-0.39, 0.29) is 12.1 Å². The van der Waals surface area contributed by atoms with Crippen molar-refractivity contribution in [2.24, 2.45) is 0 Å². The predicted molar refractivity (Wildman–Crippen MR) is 115 cm³/mol. The molecular formula is C21H26N2O6S. The van der Waals surface area contributed by atoms with Crippen LogP contribution in [0.3, 0.4) is 0 Å². The number of carbonyl (C=O) groups is 3. The monoisotopic (exact) mass is 434 g/mol. The van der Waals surface area contributed by atoms with Gasteiger partial charge in [-0.15, -0.1) is 11.3 Å². The summed E-state index contributed by atoms with van der Waals surface area (Å²) in [5.74, 6) is -1.09. The third-order valence-corrected chi connectivity index (χ3v) is 5.15. The summed E-state index contributed by atoms with van der Waals surface area (Å²) in [6.45, 7) is 5.47. The van der Waals surface area contributed by atoms with Crippen molar-refractivity contribution >= 4 is 35.1 Å². The first kappa shape index (κ1) is 23.2. The van der Waals surface area contributed by atoms with Crippen LogP contribution in [-0.2, 0) is 20.8 Å². The van der Waals surface area contributed by atoms with Crippen molar-refractivity contribution in [1.82, 2.24) is 4.90 Å². The fourth-order valence-electron chi connectivity index (χ4n) is 2.73. The Labute approximate surface area is 179 Å². The minimum atomic E-state index is -0.650. The van der Waals surface area contributed by atoms with Crippen LogP contribution in [0.15, 0.2) is 24.3 Å². The van der Waals surface area contributed by atoms with E-state index >= 15 is 0 Å². The molecule has 0 fully saturated rings. The molecule has 1 aromatic carbocycles. The van der Waals surface area contributed by atoms with Gasteiger partial charge in [0.25, 0.3) is 0 Å². The van der Waals surface area contributed by atoms with Crippen LogP contribution in [0.2, 0.25) is 0 Å². The number of esters is 2. The van der Waals surface area contributed by atoms with Crippen LogP contribution >= 0.6 is 11.3 Å². The Morgan fingerprint density at radius 1 is 1.10 bits per heavy atom. The fourth-order valence-corrected chi connectivity index (χ4v) is 3.87. The largest absolute Gasteiger partial charge is 0.465 e. The number of methoxy groups -OCH3 is 2. The number of nitrogens with two attached hydrogens (primary N) is 1. The van der Waals surface area contributed by atoms with Crippen molar-refractivity contribution in [2.75, 3.05) is 27.0 Å². The molecule has 9 heteroatoms. The summed E-state index contributed by atoms with van der Waals surface area (Å²) in [5.41, 5.74) is 7.11. The molecule has 1 aromatic heterocycles. The molecule has 162 valence electrons. The minimum absolute atomic E-state index is 0.140. The number of rotatable bonds is 5. The zero-order chi connectivity index (χ0) is 22.6.